The summed E-state index contributed by atoms with van der Waals surface area (Å²) in [5.41, 5.74) is 0.732. The summed E-state index contributed by atoms with van der Waals surface area (Å²) in [7, 11) is 0. The van der Waals surface area contributed by atoms with E-state index in [1.165, 1.54) is 0 Å². The molecular weight excluding hydrogens is 222 g/mol. The molecule has 17 heavy (non-hydrogen) atoms. The lowest BCUT2D eigenvalue weighted by Gasteiger charge is -2.15. The van der Waals surface area contributed by atoms with Crippen LogP contribution in [-0.2, 0) is 4.79 Å². The molecule has 1 aliphatic heterocycles. The molecular formula is C12H15NO4. The Kier molecular flexibility index (Phi) is 3.37. The monoisotopic (exact) mass is 237 g/mol. The van der Waals surface area contributed by atoms with E-state index in [-0.39, 0.29) is 6.79 Å². The fourth-order valence-corrected chi connectivity index (χ4v) is 1.73. The van der Waals surface area contributed by atoms with Crippen molar-refractivity contribution in [3.8, 4) is 11.5 Å². The molecule has 0 saturated heterocycles. The van der Waals surface area contributed by atoms with Gasteiger partial charge < -0.3 is 19.9 Å². The number of ether oxygens (including phenoxy) is 2. The van der Waals surface area contributed by atoms with E-state index in [4.69, 9.17) is 14.6 Å². The maximum absolute atomic E-state index is 11.0. The summed E-state index contributed by atoms with van der Waals surface area (Å²) in [6, 6.07) is 4.75. The minimum Gasteiger partial charge on any atom is -0.480 e. The van der Waals surface area contributed by atoms with Gasteiger partial charge in [-0.1, -0.05) is 13.3 Å². The first-order chi connectivity index (χ1) is 8.20. The van der Waals surface area contributed by atoms with Crippen LogP contribution >= 0.6 is 0 Å². The number of anilines is 1. The minimum atomic E-state index is -0.843. The van der Waals surface area contributed by atoms with Gasteiger partial charge in [-0.05, 0) is 18.6 Å². The maximum atomic E-state index is 11.0. The number of hydrogen-bond acceptors (Lipinski definition) is 4. The number of rotatable bonds is 5. The highest BCUT2D eigenvalue weighted by molar-refractivity contribution is 5.77. The number of aliphatic carboxylic acids is 1. The predicted molar refractivity (Wildman–Crippen MR) is 62.5 cm³/mol. The SMILES string of the molecule is CCCC(Nc1ccc2c(c1)OCO2)C(=O)O. The zero-order valence-electron chi connectivity index (χ0n) is 9.60. The second-order valence-electron chi connectivity index (χ2n) is 3.89. The van der Waals surface area contributed by atoms with Crippen LogP contribution < -0.4 is 14.8 Å². The molecule has 0 fully saturated rings. The lowest BCUT2D eigenvalue weighted by molar-refractivity contribution is -0.138. The molecule has 0 aromatic heterocycles. The Bertz CT molecular complexity index is 419. The molecule has 1 aromatic carbocycles. The van der Waals surface area contributed by atoms with Gasteiger partial charge in [-0.2, -0.15) is 0 Å². The second-order valence-corrected chi connectivity index (χ2v) is 3.89. The minimum absolute atomic E-state index is 0.218. The van der Waals surface area contributed by atoms with E-state index in [0.29, 0.717) is 17.9 Å². The van der Waals surface area contributed by atoms with Crippen molar-refractivity contribution in [3.63, 3.8) is 0 Å². The lowest BCUT2D eigenvalue weighted by atomic mass is 10.1. The smallest absolute Gasteiger partial charge is 0.326 e. The molecule has 1 atom stereocenters. The fourth-order valence-electron chi connectivity index (χ4n) is 1.73. The van der Waals surface area contributed by atoms with Gasteiger partial charge in [0.2, 0.25) is 6.79 Å². The molecule has 0 spiro atoms. The summed E-state index contributed by atoms with van der Waals surface area (Å²) >= 11 is 0. The highest BCUT2D eigenvalue weighted by Crippen LogP contribution is 2.34. The van der Waals surface area contributed by atoms with Crippen molar-refractivity contribution in [2.45, 2.75) is 25.8 Å². The van der Waals surface area contributed by atoms with E-state index in [9.17, 15) is 4.79 Å². The second kappa shape index (κ2) is 4.95. The summed E-state index contributed by atoms with van der Waals surface area (Å²) in [4.78, 5) is 11.0. The van der Waals surface area contributed by atoms with Gasteiger partial charge in [0.1, 0.15) is 6.04 Å². The highest BCUT2D eigenvalue weighted by atomic mass is 16.7. The van der Waals surface area contributed by atoms with Crippen LogP contribution in [0.25, 0.3) is 0 Å². The van der Waals surface area contributed by atoms with Crippen LogP contribution in [0.2, 0.25) is 0 Å². The largest absolute Gasteiger partial charge is 0.480 e. The van der Waals surface area contributed by atoms with Crippen LogP contribution in [0.1, 0.15) is 19.8 Å². The van der Waals surface area contributed by atoms with Crippen molar-refractivity contribution in [2.75, 3.05) is 12.1 Å². The van der Waals surface area contributed by atoms with Gasteiger partial charge in [0, 0.05) is 11.8 Å². The van der Waals surface area contributed by atoms with E-state index in [1.54, 1.807) is 18.2 Å². The molecule has 1 aliphatic rings. The predicted octanol–water partition coefficient (Wildman–Crippen LogP) is 2.08. The van der Waals surface area contributed by atoms with Crippen molar-refractivity contribution in [1.29, 1.82) is 0 Å². The summed E-state index contributed by atoms with van der Waals surface area (Å²) in [5, 5.41) is 12.0. The quantitative estimate of drug-likeness (QED) is 0.820. The van der Waals surface area contributed by atoms with Gasteiger partial charge >= 0.3 is 5.97 Å². The number of nitrogens with one attached hydrogen (secondary N) is 1. The molecule has 1 unspecified atom stereocenters. The molecule has 5 nitrogen and oxygen atoms in total. The third-order valence-corrected chi connectivity index (χ3v) is 2.59. The Balaban J connectivity index is 2.09. The van der Waals surface area contributed by atoms with Gasteiger partial charge in [-0.25, -0.2) is 4.79 Å². The van der Waals surface area contributed by atoms with E-state index in [1.807, 2.05) is 6.92 Å². The highest BCUT2D eigenvalue weighted by Gasteiger charge is 2.18. The topological polar surface area (TPSA) is 67.8 Å². The summed E-state index contributed by atoms with van der Waals surface area (Å²) in [6.45, 7) is 2.17. The van der Waals surface area contributed by atoms with Crippen molar-refractivity contribution in [3.05, 3.63) is 18.2 Å². The molecule has 0 bridgehead atoms. The number of benzene rings is 1. The van der Waals surface area contributed by atoms with Crippen molar-refractivity contribution >= 4 is 11.7 Å². The molecule has 2 rings (SSSR count). The number of hydrogen-bond donors (Lipinski definition) is 2. The van der Waals surface area contributed by atoms with Gasteiger partial charge in [0.15, 0.2) is 11.5 Å². The summed E-state index contributed by atoms with van der Waals surface area (Å²) < 4.78 is 10.4. The number of carboxylic acids is 1. The Hall–Kier alpha value is -1.91. The van der Waals surface area contributed by atoms with E-state index in [0.717, 1.165) is 12.1 Å². The Labute approximate surface area is 99.3 Å². The molecule has 1 heterocycles. The van der Waals surface area contributed by atoms with Crippen LogP contribution in [0.15, 0.2) is 18.2 Å². The Morgan fingerprint density at radius 1 is 1.47 bits per heavy atom. The zero-order valence-corrected chi connectivity index (χ0v) is 9.60. The van der Waals surface area contributed by atoms with E-state index in [2.05, 4.69) is 5.32 Å². The van der Waals surface area contributed by atoms with E-state index >= 15 is 0 Å². The average molecular weight is 237 g/mol. The van der Waals surface area contributed by atoms with Crippen LogP contribution in [0.4, 0.5) is 5.69 Å². The summed E-state index contributed by atoms with van der Waals surface area (Å²) in [6.07, 6.45) is 1.40. The van der Waals surface area contributed by atoms with Crippen molar-refractivity contribution < 1.29 is 19.4 Å². The Morgan fingerprint density at radius 2 is 2.24 bits per heavy atom. The zero-order chi connectivity index (χ0) is 12.3. The first kappa shape index (κ1) is 11.6. The third kappa shape index (κ3) is 2.61. The maximum Gasteiger partial charge on any atom is 0.326 e. The lowest BCUT2D eigenvalue weighted by Crippen LogP contribution is -2.28. The molecule has 2 N–H and O–H groups in total. The molecule has 0 radical (unpaired) electrons. The van der Waals surface area contributed by atoms with Crippen molar-refractivity contribution in [1.82, 2.24) is 0 Å². The number of carbonyl (C=O) groups is 1. The van der Waals surface area contributed by atoms with Crippen LogP contribution in [0.3, 0.4) is 0 Å². The standard InChI is InChI=1S/C12H15NO4/c1-2-3-9(12(14)15)13-8-4-5-10-11(6-8)17-7-16-10/h4-6,9,13H,2-3,7H2,1H3,(H,14,15). The van der Waals surface area contributed by atoms with Crippen LogP contribution in [0.5, 0.6) is 11.5 Å². The Morgan fingerprint density at radius 3 is 2.94 bits per heavy atom. The molecule has 5 heteroatoms. The van der Waals surface area contributed by atoms with Crippen LogP contribution in [-0.4, -0.2) is 23.9 Å². The van der Waals surface area contributed by atoms with E-state index < -0.39 is 12.0 Å². The molecule has 1 aromatic rings. The normalized spacial score (nSPS) is 14.4. The first-order valence-electron chi connectivity index (χ1n) is 5.59. The van der Waals surface area contributed by atoms with Crippen LogP contribution in [0, 0.1) is 0 Å². The molecule has 92 valence electrons. The van der Waals surface area contributed by atoms with Gasteiger partial charge in [0.25, 0.3) is 0 Å². The third-order valence-electron chi connectivity index (χ3n) is 2.59. The molecule has 0 saturated carbocycles. The fraction of sp³-hybridized carbons (Fsp3) is 0.417. The number of fused-ring (bicyclic) bond motifs is 1. The number of carboxylic acid groups (broad SMARTS) is 1. The van der Waals surface area contributed by atoms with Gasteiger partial charge in [-0.15, -0.1) is 0 Å². The van der Waals surface area contributed by atoms with Crippen molar-refractivity contribution in [2.24, 2.45) is 0 Å². The van der Waals surface area contributed by atoms with Gasteiger partial charge in [-0.3, -0.25) is 0 Å². The summed E-state index contributed by atoms with van der Waals surface area (Å²) in [5.74, 6) is 0.498. The first-order valence-corrected chi connectivity index (χ1v) is 5.59. The van der Waals surface area contributed by atoms with Gasteiger partial charge in [0.05, 0.1) is 0 Å². The average Bonchev–Trinajstić information content (AvgIpc) is 2.75. The molecule has 0 aliphatic carbocycles. The molecule has 0 amide bonds.